The number of carbonyl (C=O) groups excluding carboxylic acids is 2. The normalized spacial score (nSPS) is 23.0. The van der Waals surface area contributed by atoms with Gasteiger partial charge in [0.2, 0.25) is 5.91 Å². The largest absolute Gasteiger partial charge is 0.348 e. The number of thioether (sulfide) groups is 1. The average Bonchev–Trinajstić information content (AvgIpc) is 3.17. The molecule has 132 valence electrons. The first-order chi connectivity index (χ1) is 11.0. The highest BCUT2D eigenvalue weighted by Gasteiger charge is 2.34. The smallest absolute Gasteiger partial charge is 0.253 e. The van der Waals surface area contributed by atoms with Gasteiger partial charge in [-0.15, -0.1) is 24.2 Å². The van der Waals surface area contributed by atoms with Crippen LogP contribution < -0.4 is 10.6 Å². The van der Waals surface area contributed by atoms with Crippen LogP contribution in [0.25, 0.3) is 0 Å². The number of benzene rings is 1. The summed E-state index contributed by atoms with van der Waals surface area (Å²) >= 11 is 13.7. The first kappa shape index (κ1) is 19.7. The van der Waals surface area contributed by atoms with E-state index < -0.39 is 0 Å². The molecular weight excluding hydrogens is 393 g/mol. The standard InChI is InChI=1S/C15H17Cl2N3O2S.ClH/c16-9-1-2-11(12(17)5-9)14(21)19-10-6-13(18-7-10)15(22)20-3-4-23-8-20;/h1-2,5,10,13,18H,3-4,6-8H2,(H,19,21);1H/t10-,13-;/m0./s1. The Kier molecular flexibility index (Phi) is 7.07. The van der Waals surface area contributed by atoms with E-state index in [-0.39, 0.29) is 36.3 Å². The van der Waals surface area contributed by atoms with Gasteiger partial charge in [0.05, 0.1) is 22.5 Å². The lowest BCUT2D eigenvalue weighted by Crippen LogP contribution is -2.42. The first-order valence-corrected chi connectivity index (χ1v) is 9.31. The molecule has 1 aromatic rings. The van der Waals surface area contributed by atoms with Crippen LogP contribution >= 0.6 is 47.4 Å². The van der Waals surface area contributed by atoms with E-state index in [0.717, 1.165) is 18.2 Å². The second-order valence-corrected chi connectivity index (χ2v) is 7.55. The third kappa shape index (κ3) is 4.49. The number of halogens is 3. The number of nitrogens with one attached hydrogen (secondary N) is 2. The van der Waals surface area contributed by atoms with Crippen LogP contribution in [0.4, 0.5) is 0 Å². The van der Waals surface area contributed by atoms with E-state index in [9.17, 15) is 9.59 Å². The summed E-state index contributed by atoms with van der Waals surface area (Å²) in [7, 11) is 0. The highest BCUT2D eigenvalue weighted by Crippen LogP contribution is 2.22. The van der Waals surface area contributed by atoms with Crippen LogP contribution in [0.2, 0.25) is 10.0 Å². The Bertz CT molecular complexity index is 626. The number of nitrogens with zero attached hydrogens (tertiary/aromatic N) is 1. The van der Waals surface area contributed by atoms with Gasteiger partial charge in [-0.25, -0.2) is 0 Å². The summed E-state index contributed by atoms with van der Waals surface area (Å²) in [5.74, 6) is 1.63. The van der Waals surface area contributed by atoms with Crippen LogP contribution in [-0.2, 0) is 4.79 Å². The Labute approximate surface area is 161 Å². The van der Waals surface area contributed by atoms with Crippen molar-refractivity contribution in [2.45, 2.75) is 18.5 Å². The SMILES string of the molecule is Cl.O=C(N[C@@H]1CN[C@H](C(=O)N2CCSC2)C1)c1ccc(Cl)cc1Cl. The van der Waals surface area contributed by atoms with Gasteiger partial charge in [0.1, 0.15) is 0 Å². The molecule has 0 radical (unpaired) electrons. The van der Waals surface area contributed by atoms with Gasteiger partial charge >= 0.3 is 0 Å². The molecule has 2 saturated heterocycles. The zero-order valence-corrected chi connectivity index (χ0v) is 15.9. The Morgan fingerprint density at radius 1 is 1.33 bits per heavy atom. The monoisotopic (exact) mass is 409 g/mol. The van der Waals surface area contributed by atoms with Gasteiger partial charge in [0.15, 0.2) is 0 Å². The van der Waals surface area contributed by atoms with Gasteiger partial charge in [0.25, 0.3) is 5.91 Å². The quantitative estimate of drug-likeness (QED) is 0.803. The van der Waals surface area contributed by atoms with Crippen LogP contribution in [-0.4, -0.2) is 53.5 Å². The van der Waals surface area contributed by atoms with Crippen molar-refractivity contribution in [3.63, 3.8) is 0 Å². The van der Waals surface area contributed by atoms with Crippen LogP contribution in [0, 0.1) is 0 Å². The predicted molar refractivity (Wildman–Crippen MR) is 100 cm³/mol. The third-order valence-electron chi connectivity index (χ3n) is 4.00. The second-order valence-electron chi connectivity index (χ2n) is 5.63. The third-order valence-corrected chi connectivity index (χ3v) is 5.52. The van der Waals surface area contributed by atoms with Crippen LogP contribution in [0.15, 0.2) is 18.2 Å². The molecule has 2 atom stereocenters. The van der Waals surface area contributed by atoms with E-state index in [4.69, 9.17) is 23.2 Å². The molecule has 0 spiro atoms. The molecule has 9 heteroatoms. The fourth-order valence-corrected chi connectivity index (χ4v) is 4.23. The summed E-state index contributed by atoms with van der Waals surface area (Å²) in [6.45, 7) is 1.38. The molecule has 1 aromatic carbocycles. The van der Waals surface area contributed by atoms with E-state index >= 15 is 0 Å². The van der Waals surface area contributed by atoms with Crippen molar-refractivity contribution in [2.75, 3.05) is 24.7 Å². The van der Waals surface area contributed by atoms with Crippen molar-refractivity contribution in [1.29, 1.82) is 0 Å². The Morgan fingerprint density at radius 2 is 2.12 bits per heavy atom. The van der Waals surface area contributed by atoms with E-state index in [0.29, 0.717) is 28.6 Å². The lowest BCUT2D eigenvalue weighted by molar-refractivity contribution is -0.131. The Morgan fingerprint density at radius 3 is 2.79 bits per heavy atom. The van der Waals surface area contributed by atoms with Crippen LogP contribution in [0.1, 0.15) is 16.8 Å². The van der Waals surface area contributed by atoms with Crippen molar-refractivity contribution in [3.05, 3.63) is 33.8 Å². The number of amides is 2. The lowest BCUT2D eigenvalue weighted by Gasteiger charge is -2.19. The average molecular weight is 411 g/mol. The maximum Gasteiger partial charge on any atom is 0.253 e. The number of rotatable bonds is 3. The molecule has 5 nitrogen and oxygen atoms in total. The Balaban J connectivity index is 0.00000208. The summed E-state index contributed by atoms with van der Waals surface area (Å²) in [5, 5.41) is 6.93. The molecular formula is C15H18Cl3N3O2S. The summed E-state index contributed by atoms with van der Waals surface area (Å²) < 4.78 is 0. The van der Waals surface area contributed by atoms with Crippen molar-refractivity contribution in [2.24, 2.45) is 0 Å². The van der Waals surface area contributed by atoms with Crippen molar-refractivity contribution >= 4 is 59.2 Å². The molecule has 0 unspecified atom stereocenters. The van der Waals surface area contributed by atoms with E-state index in [1.54, 1.807) is 30.0 Å². The van der Waals surface area contributed by atoms with Crippen LogP contribution in [0.5, 0.6) is 0 Å². The van der Waals surface area contributed by atoms with Gasteiger partial charge in [0, 0.05) is 29.9 Å². The molecule has 2 aliphatic rings. The van der Waals surface area contributed by atoms with Gasteiger partial charge in [-0.3, -0.25) is 9.59 Å². The maximum atomic E-state index is 12.3. The second kappa shape index (κ2) is 8.63. The van der Waals surface area contributed by atoms with Crippen LogP contribution in [0.3, 0.4) is 0 Å². The molecule has 24 heavy (non-hydrogen) atoms. The number of carbonyl (C=O) groups is 2. The van der Waals surface area contributed by atoms with Crippen molar-refractivity contribution in [3.8, 4) is 0 Å². The van der Waals surface area contributed by atoms with Gasteiger partial charge in [-0.1, -0.05) is 23.2 Å². The molecule has 2 N–H and O–H groups in total. The zero-order valence-electron chi connectivity index (χ0n) is 12.8. The minimum Gasteiger partial charge on any atom is -0.348 e. The molecule has 3 rings (SSSR count). The maximum absolute atomic E-state index is 12.3. The van der Waals surface area contributed by atoms with E-state index in [2.05, 4.69) is 10.6 Å². The molecule has 2 aliphatic heterocycles. The molecule has 0 aliphatic carbocycles. The van der Waals surface area contributed by atoms with E-state index in [1.807, 2.05) is 4.90 Å². The molecule has 2 heterocycles. The fraction of sp³-hybridized carbons (Fsp3) is 0.467. The number of hydrogen-bond acceptors (Lipinski definition) is 4. The minimum absolute atomic E-state index is 0. The molecule has 0 bridgehead atoms. The Hall–Kier alpha value is -0.660. The highest BCUT2D eigenvalue weighted by molar-refractivity contribution is 7.99. The van der Waals surface area contributed by atoms with Gasteiger partial charge in [-0.2, -0.15) is 0 Å². The van der Waals surface area contributed by atoms with Crippen molar-refractivity contribution in [1.82, 2.24) is 15.5 Å². The molecule has 0 aromatic heterocycles. The summed E-state index contributed by atoms with van der Waals surface area (Å²) in [6.07, 6.45) is 0.594. The zero-order chi connectivity index (χ0) is 16.4. The molecule has 0 saturated carbocycles. The van der Waals surface area contributed by atoms with Gasteiger partial charge < -0.3 is 15.5 Å². The number of hydrogen-bond donors (Lipinski definition) is 2. The summed E-state index contributed by atoms with van der Waals surface area (Å²) in [5.41, 5.74) is 0.391. The first-order valence-electron chi connectivity index (χ1n) is 7.40. The lowest BCUT2D eigenvalue weighted by atomic mass is 10.1. The molecule has 2 amide bonds. The topological polar surface area (TPSA) is 61.4 Å². The predicted octanol–water partition coefficient (Wildman–Crippen LogP) is 2.41. The fourth-order valence-electron chi connectivity index (χ4n) is 2.78. The summed E-state index contributed by atoms with van der Waals surface area (Å²) in [4.78, 5) is 26.5. The minimum atomic E-state index is -0.247. The van der Waals surface area contributed by atoms with Crippen molar-refractivity contribution < 1.29 is 9.59 Å². The highest BCUT2D eigenvalue weighted by atomic mass is 35.5. The summed E-state index contributed by atoms with van der Waals surface area (Å²) in [6, 6.07) is 4.47. The van der Waals surface area contributed by atoms with Gasteiger partial charge in [-0.05, 0) is 24.6 Å². The van der Waals surface area contributed by atoms with E-state index in [1.165, 1.54) is 0 Å². The molecule has 2 fully saturated rings.